The quantitative estimate of drug-likeness (QED) is 0.880. The average Bonchev–Trinajstić information content (AvgIpc) is 2.85. The number of H-pyrrole nitrogens is 1. The third kappa shape index (κ3) is 3.71. The van der Waals surface area contributed by atoms with Crippen molar-refractivity contribution in [2.45, 2.75) is 5.16 Å². The number of nitrogens with zero attached hydrogens (tertiary/aromatic N) is 3. The van der Waals surface area contributed by atoms with Gasteiger partial charge in [-0.15, -0.1) is 5.10 Å². The molecule has 0 saturated heterocycles. The molecule has 2 aromatic rings. The zero-order valence-corrected chi connectivity index (χ0v) is 12.1. The summed E-state index contributed by atoms with van der Waals surface area (Å²) in [7, 11) is 3.44. The lowest BCUT2D eigenvalue weighted by molar-refractivity contribution is -0.125. The number of hydrogen-bond donors (Lipinski definition) is 1. The Morgan fingerprint density at radius 1 is 1.37 bits per heavy atom. The van der Waals surface area contributed by atoms with E-state index in [0.717, 1.165) is 5.56 Å². The van der Waals surface area contributed by atoms with E-state index in [0.29, 0.717) is 21.8 Å². The normalized spacial score (nSPS) is 10.5. The molecule has 7 heteroatoms. The van der Waals surface area contributed by atoms with Crippen molar-refractivity contribution in [3.05, 3.63) is 29.3 Å². The fourth-order valence-corrected chi connectivity index (χ4v) is 2.21. The average molecular weight is 297 g/mol. The van der Waals surface area contributed by atoms with Gasteiger partial charge in [-0.2, -0.15) is 0 Å². The zero-order chi connectivity index (χ0) is 13.8. The molecule has 1 heterocycles. The van der Waals surface area contributed by atoms with Crippen molar-refractivity contribution in [3.8, 4) is 11.4 Å². The molecular weight excluding hydrogens is 284 g/mol. The van der Waals surface area contributed by atoms with E-state index >= 15 is 0 Å². The van der Waals surface area contributed by atoms with Crippen LogP contribution in [0.4, 0.5) is 0 Å². The highest BCUT2D eigenvalue weighted by molar-refractivity contribution is 7.99. The molecule has 0 fully saturated rings. The van der Waals surface area contributed by atoms with Crippen molar-refractivity contribution in [1.82, 2.24) is 20.1 Å². The fourth-order valence-electron chi connectivity index (χ4n) is 1.30. The summed E-state index contributed by atoms with van der Waals surface area (Å²) >= 11 is 7.13. The van der Waals surface area contributed by atoms with Crippen molar-refractivity contribution in [1.29, 1.82) is 0 Å². The molecule has 0 radical (unpaired) electrons. The Morgan fingerprint density at radius 3 is 2.68 bits per heavy atom. The summed E-state index contributed by atoms with van der Waals surface area (Å²) in [6, 6.07) is 7.31. The summed E-state index contributed by atoms with van der Waals surface area (Å²) in [6.45, 7) is 0. The van der Waals surface area contributed by atoms with Crippen LogP contribution >= 0.6 is 23.4 Å². The van der Waals surface area contributed by atoms with Crippen LogP contribution in [0.3, 0.4) is 0 Å². The lowest BCUT2D eigenvalue weighted by atomic mass is 10.2. The standard InChI is InChI=1S/C12H13ClN4OS/c1-17(2)10(18)7-19-12-14-11(15-16-12)8-3-5-9(13)6-4-8/h3-6H,7H2,1-2H3,(H,14,15,16). The molecule has 0 bridgehead atoms. The first-order chi connectivity index (χ1) is 9.06. The zero-order valence-electron chi connectivity index (χ0n) is 10.6. The number of nitrogens with one attached hydrogen (secondary N) is 1. The van der Waals surface area contributed by atoms with Gasteiger partial charge in [0.25, 0.3) is 0 Å². The monoisotopic (exact) mass is 296 g/mol. The first-order valence-electron chi connectivity index (χ1n) is 5.57. The Kier molecular flexibility index (Phi) is 4.44. The molecule has 0 unspecified atom stereocenters. The van der Waals surface area contributed by atoms with E-state index in [1.165, 1.54) is 11.8 Å². The van der Waals surface area contributed by atoms with Crippen LogP contribution in [-0.2, 0) is 4.79 Å². The van der Waals surface area contributed by atoms with Gasteiger partial charge in [-0.1, -0.05) is 23.4 Å². The molecule has 0 aliphatic rings. The molecular formula is C12H13ClN4OS. The number of amides is 1. The van der Waals surface area contributed by atoms with E-state index < -0.39 is 0 Å². The predicted molar refractivity (Wildman–Crippen MR) is 76.2 cm³/mol. The Labute approximate surface area is 120 Å². The van der Waals surface area contributed by atoms with Crippen molar-refractivity contribution in [2.75, 3.05) is 19.8 Å². The molecule has 0 spiro atoms. The van der Waals surface area contributed by atoms with Crippen LogP contribution in [0.2, 0.25) is 5.02 Å². The summed E-state index contributed by atoms with van der Waals surface area (Å²) in [5, 5.41) is 8.15. The number of carbonyl (C=O) groups excluding carboxylic acids is 1. The second-order valence-corrected chi connectivity index (χ2v) is 5.43. The highest BCUT2D eigenvalue weighted by atomic mass is 35.5. The van der Waals surface area contributed by atoms with E-state index in [1.54, 1.807) is 31.1 Å². The Balaban J connectivity index is 2.03. The van der Waals surface area contributed by atoms with Crippen LogP contribution in [0.1, 0.15) is 0 Å². The Hall–Kier alpha value is -1.53. The number of aromatic nitrogens is 3. The maximum Gasteiger partial charge on any atom is 0.232 e. The molecule has 2 rings (SSSR count). The molecule has 1 N–H and O–H groups in total. The van der Waals surface area contributed by atoms with Gasteiger partial charge in [-0.05, 0) is 24.3 Å². The van der Waals surface area contributed by atoms with Crippen LogP contribution in [-0.4, -0.2) is 45.8 Å². The van der Waals surface area contributed by atoms with Gasteiger partial charge in [0.2, 0.25) is 11.1 Å². The second kappa shape index (κ2) is 6.08. The third-order valence-corrected chi connectivity index (χ3v) is 3.49. The molecule has 0 aliphatic carbocycles. The van der Waals surface area contributed by atoms with E-state index in [2.05, 4.69) is 15.2 Å². The molecule has 0 aliphatic heterocycles. The number of rotatable bonds is 4. The maximum absolute atomic E-state index is 11.5. The number of halogens is 1. The third-order valence-electron chi connectivity index (χ3n) is 2.41. The van der Waals surface area contributed by atoms with Gasteiger partial charge in [0.1, 0.15) is 0 Å². The van der Waals surface area contributed by atoms with Gasteiger partial charge < -0.3 is 4.90 Å². The summed E-state index contributed by atoms with van der Waals surface area (Å²) in [5.41, 5.74) is 0.905. The van der Waals surface area contributed by atoms with Crippen molar-refractivity contribution in [3.63, 3.8) is 0 Å². The van der Waals surface area contributed by atoms with Crippen LogP contribution in [0.15, 0.2) is 29.4 Å². The van der Waals surface area contributed by atoms with Crippen LogP contribution in [0.5, 0.6) is 0 Å². The minimum absolute atomic E-state index is 0.0304. The van der Waals surface area contributed by atoms with Crippen molar-refractivity contribution < 1.29 is 4.79 Å². The van der Waals surface area contributed by atoms with Gasteiger partial charge in [0, 0.05) is 24.7 Å². The first-order valence-corrected chi connectivity index (χ1v) is 6.94. The number of carbonyl (C=O) groups is 1. The summed E-state index contributed by atoms with van der Waals surface area (Å²) in [5.74, 6) is 1.02. The molecule has 19 heavy (non-hydrogen) atoms. The number of thioether (sulfide) groups is 1. The maximum atomic E-state index is 11.5. The van der Waals surface area contributed by atoms with E-state index in [9.17, 15) is 4.79 Å². The number of aromatic amines is 1. The van der Waals surface area contributed by atoms with Crippen molar-refractivity contribution >= 4 is 29.3 Å². The van der Waals surface area contributed by atoms with Gasteiger partial charge in [-0.25, -0.2) is 4.98 Å². The highest BCUT2D eigenvalue weighted by Gasteiger charge is 2.09. The Morgan fingerprint density at radius 2 is 2.05 bits per heavy atom. The second-order valence-electron chi connectivity index (χ2n) is 4.05. The SMILES string of the molecule is CN(C)C(=O)CSc1n[nH]c(-c2ccc(Cl)cc2)n1. The van der Waals surface area contributed by atoms with Crippen LogP contribution in [0.25, 0.3) is 11.4 Å². The predicted octanol–water partition coefficient (Wildman–Crippen LogP) is 2.31. The molecule has 0 saturated carbocycles. The first kappa shape index (κ1) is 13.9. The topological polar surface area (TPSA) is 61.9 Å². The molecule has 1 amide bonds. The minimum Gasteiger partial charge on any atom is -0.348 e. The summed E-state index contributed by atoms with van der Waals surface area (Å²) < 4.78 is 0. The van der Waals surface area contributed by atoms with Crippen LogP contribution < -0.4 is 0 Å². The van der Waals surface area contributed by atoms with Gasteiger partial charge >= 0.3 is 0 Å². The number of hydrogen-bond acceptors (Lipinski definition) is 4. The lowest BCUT2D eigenvalue weighted by Gasteiger charge is -2.07. The van der Waals surface area contributed by atoms with Gasteiger partial charge in [-0.3, -0.25) is 9.89 Å². The minimum atomic E-state index is 0.0304. The molecule has 5 nitrogen and oxygen atoms in total. The van der Waals surface area contributed by atoms with E-state index in [-0.39, 0.29) is 5.91 Å². The van der Waals surface area contributed by atoms with Gasteiger partial charge in [0.05, 0.1) is 5.75 Å². The van der Waals surface area contributed by atoms with Crippen molar-refractivity contribution in [2.24, 2.45) is 0 Å². The van der Waals surface area contributed by atoms with Gasteiger partial charge in [0.15, 0.2) is 5.82 Å². The number of benzene rings is 1. The largest absolute Gasteiger partial charge is 0.348 e. The van der Waals surface area contributed by atoms with E-state index in [4.69, 9.17) is 11.6 Å². The van der Waals surface area contributed by atoms with Crippen LogP contribution in [0, 0.1) is 0 Å². The summed E-state index contributed by atoms with van der Waals surface area (Å²) in [4.78, 5) is 17.3. The smallest absolute Gasteiger partial charge is 0.232 e. The summed E-state index contributed by atoms with van der Waals surface area (Å²) in [6.07, 6.45) is 0. The Bertz CT molecular complexity index is 567. The molecule has 1 aromatic heterocycles. The molecule has 100 valence electrons. The lowest BCUT2D eigenvalue weighted by Crippen LogP contribution is -2.23. The highest BCUT2D eigenvalue weighted by Crippen LogP contribution is 2.20. The molecule has 1 aromatic carbocycles. The fraction of sp³-hybridized carbons (Fsp3) is 0.250. The van der Waals surface area contributed by atoms with E-state index in [1.807, 2.05) is 12.1 Å². The molecule has 0 atom stereocenters.